The molecule has 0 aliphatic heterocycles. The fraction of sp³-hybridized carbons (Fsp3) is 0.100. The number of benzene rings is 2. The molecule has 0 atom stereocenters. The van der Waals surface area contributed by atoms with E-state index in [2.05, 4.69) is 0 Å². The molecule has 0 spiro atoms. The van der Waals surface area contributed by atoms with Crippen molar-refractivity contribution in [1.82, 2.24) is 0 Å². The predicted octanol–water partition coefficient (Wildman–Crippen LogP) is 3.27. The highest BCUT2D eigenvalue weighted by atomic mass is 16.2. The van der Waals surface area contributed by atoms with Gasteiger partial charge in [0.15, 0.2) is 11.6 Å². The van der Waals surface area contributed by atoms with E-state index in [4.69, 9.17) is 15.9 Å². The number of carbonyl (C=O) groups is 2. The third kappa shape index (κ3) is 2.70. The number of fused-ring (bicyclic) bond motifs is 2. The Morgan fingerprint density at radius 3 is 2.04 bits per heavy atom. The molecular formula is C20H17NO4. The van der Waals surface area contributed by atoms with Crippen LogP contribution in [0.2, 0.25) is 0 Å². The van der Waals surface area contributed by atoms with Crippen LogP contribution in [0.5, 0.6) is 0 Å². The molecule has 0 saturated heterocycles. The summed E-state index contributed by atoms with van der Waals surface area (Å²) in [7, 11) is 0. The fourth-order valence-electron chi connectivity index (χ4n) is 3.19. The van der Waals surface area contributed by atoms with Gasteiger partial charge in [0.05, 0.1) is 12.5 Å². The molecule has 0 aromatic heterocycles. The zero-order valence-electron chi connectivity index (χ0n) is 13.4. The maximum atomic E-state index is 13.1. The lowest BCUT2D eigenvalue weighted by Gasteiger charge is -2.23. The Kier molecular flexibility index (Phi) is 4.39. The van der Waals surface area contributed by atoms with Crippen LogP contribution in [0, 0.1) is 0 Å². The van der Waals surface area contributed by atoms with Gasteiger partial charge in [0.25, 0.3) is 0 Å². The summed E-state index contributed by atoms with van der Waals surface area (Å²) in [6, 6.07) is 8.34. The molecule has 25 heavy (non-hydrogen) atoms. The molecule has 0 bridgehead atoms. The average molecular weight is 335 g/mol. The number of hydrogen-bond donors (Lipinski definition) is 3. The molecule has 5 nitrogen and oxygen atoms in total. The normalized spacial score (nSPS) is 13.4. The van der Waals surface area contributed by atoms with E-state index in [0.29, 0.717) is 33.5 Å². The van der Waals surface area contributed by atoms with Crippen LogP contribution in [-0.4, -0.2) is 21.8 Å². The highest BCUT2D eigenvalue weighted by molar-refractivity contribution is 6.29. The Hall–Kier alpha value is -3.34. The van der Waals surface area contributed by atoms with E-state index in [0.717, 1.165) is 12.5 Å². The first-order valence-corrected chi connectivity index (χ1v) is 7.81. The van der Waals surface area contributed by atoms with Crippen molar-refractivity contribution in [3.8, 4) is 0 Å². The molecule has 2 aromatic rings. The Balaban J connectivity index is 2.32. The van der Waals surface area contributed by atoms with Gasteiger partial charge < -0.3 is 15.9 Å². The minimum atomic E-state index is -0.256. The van der Waals surface area contributed by atoms with Crippen molar-refractivity contribution in [2.75, 3.05) is 5.73 Å². The van der Waals surface area contributed by atoms with Gasteiger partial charge in [-0.2, -0.15) is 0 Å². The molecule has 0 amide bonds. The van der Waals surface area contributed by atoms with Crippen LogP contribution < -0.4 is 5.73 Å². The van der Waals surface area contributed by atoms with Crippen molar-refractivity contribution in [3.63, 3.8) is 0 Å². The summed E-state index contributed by atoms with van der Waals surface area (Å²) < 4.78 is 0. The average Bonchev–Trinajstić information content (AvgIpc) is 2.63. The van der Waals surface area contributed by atoms with Crippen molar-refractivity contribution < 1.29 is 19.8 Å². The second-order valence-electron chi connectivity index (χ2n) is 5.74. The summed E-state index contributed by atoms with van der Waals surface area (Å²) >= 11 is 0. The smallest absolute Gasteiger partial charge is 0.194 e. The zero-order valence-corrected chi connectivity index (χ0v) is 13.4. The first-order valence-electron chi connectivity index (χ1n) is 7.81. The van der Waals surface area contributed by atoms with Crippen LogP contribution in [0.3, 0.4) is 0 Å². The molecule has 1 aliphatic carbocycles. The predicted molar refractivity (Wildman–Crippen MR) is 95.1 cm³/mol. The molecule has 2 aromatic carbocycles. The van der Waals surface area contributed by atoms with Crippen molar-refractivity contribution in [1.29, 1.82) is 0 Å². The standard InChI is InChI=1S/C20H17NO4/c21-16-11-12(5-3-9-22)17-18(15(16)8-4-10-23)20(25)14-7-2-1-6-13(14)19(17)24/h1-4,6-7,9-11,22-23H,5,8,21H2. The molecule has 1 aliphatic rings. The molecular weight excluding hydrogens is 318 g/mol. The first-order chi connectivity index (χ1) is 12.1. The van der Waals surface area contributed by atoms with E-state index in [1.165, 1.54) is 12.2 Å². The molecule has 0 saturated carbocycles. The number of aliphatic hydroxyl groups excluding tert-OH is 2. The summed E-state index contributed by atoms with van der Waals surface area (Å²) in [5, 5.41) is 17.9. The molecule has 126 valence electrons. The van der Waals surface area contributed by atoms with Gasteiger partial charge in [0.2, 0.25) is 0 Å². The summed E-state index contributed by atoms with van der Waals surface area (Å²) in [5.74, 6) is -0.492. The van der Waals surface area contributed by atoms with Crippen LogP contribution >= 0.6 is 0 Å². The summed E-state index contributed by atoms with van der Waals surface area (Å²) in [6.45, 7) is 0. The van der Waals surface area contributed by atoms with Crippen LogP contribution in [0.15, 0.2) is 55.0 Å². The van der Waals surface area contributed by atoms with Gasteiger partial charge in [-0.3, -0.25) is 9.59 Å². The Bertz CT molecular complexity index is 926. The largest absolute Gasteiger partial charge is 0.516 e. The lowest BCUT2D eigenvalue weighted by molar-refractivity contribution is 0.0978. The topological polar surface area (TPSA) is 101 Å². The van der Waals surface area contributed by atoms with Crippen LogP contribution in [0.4, 0.5) is 5.69 Å². The summed E-state index contributed by atoms with van der Waals surface area (Å²) in [5.41, 5.74) is 8.91. The van der Waals surface area contributed by atoms with Gasteiger partial charge in [-0.25, -0.2) is 0 Å². The van der Waals surface area contributed by atoms with E-state index in [1.807, 2.05) is 0 Å². The van der Waals surface area contributed by atoms with Crippen LogP contribution in [0.25, 0.3) is 0 Å². The molecule has 0 heterocycles. The number of nitrogens with two attached hydrogens (primary N) is 1. The number of rotatable bonds is 4. The van der Waals surface area contributed by atoms with E-state index in [-0.39, 0.29) is 30.0 Å². The number of anilines is 1. The van der Waals surface area contributed by atoms with Crippen molar-refractivity contribution in [2.24, 2.45) is 0 Å². The summed E-state index contributed by atoms with van der Waals surface area (Å²) in [4.78, 5) is 26.1. The van der Waals surface area contributed by atoms with Gasteiger partial charge in [-0.15, -0.1) is 0 Å². The number of nitrogen functional groups attached to an aromatic ring is 1. The van der Waals surface area contributed by atoms with Crippen molar-refractivity contribution >= 4 is 17.3 Å². The van der Waals surface area contributed by atoms with Crippen LogP contribution in [0.1, 0.15) is 43.0 Å². The number of hydrogen-bond acceptors (Lipinski definition) is 5. The number of ketones is 2. The van der Waals surface area contributed by atoms with Crippen molar-refractivity contribution in [2.45, 2.75) is 12.8 Å². The Labute approximate surface area is 144 Å². The monoisotopic (exact) mass is 335 g/mol. The lowest BCUT2D eigenvalue weighted by Crippen LogP contribution is -2.25. The van der Waals surface area contributed by atoms with Crippen LogP contribution in [-0.2, 0) is 12.8 Å². The van der Waals surface area contributed by atoms with E-state index >= 15 is 0 Å². The molecule has 3 rings (SSSR count). The first kappa shape index (κ1) is 16.5. The summed E-state index contributed by atoms with van der Waals surface area (Å²) in [6.07, 6.45) is 5.26. The van der Waals surface area contributed by atoms with Gasteiger partial charge in [-0.05, 0) is 42.2 Å². The Morgan fingerprint density at radius 2 is 1.44 bits per heavy atom. The number of aliphatic hydroxyl groups is 2. The fourth-order valence-corrected chi connectivity index (χ4v) is 3.19. The molecule has 4 N–H and O–H groups in total. The quantitative estimate of drug-likeness (QED) is 0.502. The minimum Gasteiger partial charge on any atom is -0.516 e. The molecule has 5 heteroatoms. The third-order valence-corrected chi connectivity index (χ3v) is 4.29. The Morgan fingerprint density at radius 1 is 0.880 bits per heavy atom. The highest BCUT2D eigenvalue weighted by Crippen LogP contribution is 2.35. The van der Waals surface area contributed by atoms with Crippen molar-refractivity contribution in [3.05, 3.63) is 88.4 Å². The molecule has 0 radical (unpaired) electrons. The van der Waals surface area contributed by atoms with Gasteiger partial charge in [0, 0.05) is 27.9 Å². The van der Waals surface area contributed by atoms with E-state index < -0.39 is 0 Å². The van der Waals surface area contributed by atoms with Gasteiger partial charge >= 0.3 is 0 Å². The highest BCUT2D eigenvalue weighted by Gasteiger charge is 2.33. The third-order valence-electron chi connectivity index (χ3n) is 4.29. The molecule has 0 fully saturated rings. The second kappa shape index (κ2) is 6.65. The maximum absolute atomic E-state index is 13.1. The SMILES string of the molecule is Nc1cc(CC=CO)c2c(c1CC=CO)C(=O)c1ccccc1C2=O. The molecule has 0 unspecified atom stereocenters. The van der Waals surface area contributed by atoms with Gasteiger partial charge in [0.1, 0.15) is 0 Å². The second-order valence-corrected chi connectivity index (χ2v) is 5.74. The number of carbonyl (C=O) groups excluding carboxylic acids is 2. The zero-order chi connectivity index (χ0) is 18.0. The lowest BCUT2D eigenvalue weighted by atomic mass is 9.78. The van der Waals surface area contributed by atoms with E-state index in [9.17, 15) is 9.59 Å². The van der Waals surface area contributed by atoms with Gasteiger partial charge in [-0.1, -0.05) is 24.3 Å². The maximum Gasteiger partial charge on any atom is 0.194 e. The minimum absolute atomic E-state index is 0.235. The van der Waals surface area contributed by atoms with E-state index in [1.54, 1.807) is 30.3 Å². The number of allylic oxidation sites excluding steroid dienone is 2.